The number of ether oxygens (including phenoxy) is 2. The summed E-state index contributed by atoms with van der Waals surface area (Å²) in [5, 5.41) is 11.8. The smallest absolute Gasteiger partial charge is 0.404 e. The van der Waals surface area contributed by atoms with Crippen LogP contribution in [0.15, 0.2) is 24.3 Å². The first-order valence-electron chi connectivity index (χ1n) is 9.21. The van der Waals surface area contributed by atoms with E-state index in [2.05, 4.69) is 5.32 Å². The number of hydrogen-bond acceptors (Lipinski definition) is 5. The number of carbonyl (C=O) groups is 3. The molecule has 1 aromatic carbocycles. The minimum atomic E-state index is -1.17. The number of nitrogens with zero attached hydrogens (tertiary/aromatic N) is 1. The van der Waals surface area contributed by atoms with E-state index < -0.39 is 35.5 Å². The molecule has 1 aromatic rings. The summed E-state index contributed by atoms with van der Waals surface area (Å²) in [4.78, 5) is 37.9. The van der Waals surface area contributed by atoms with Crippen molar-refractivity contribution < 1.29 is 29.0 Å². The highest BCUT2D eigenvalue weighted by molar-refractivity contribution is 6.21. The molecule has 1 saturated heterocycles. The van der Waals surface area contributed by atoms with Crippen molar-refractivity contribution in [1.29, 1.82) is 0 Å². The van der Waals surface area contributed by atoms with Gasteiger partial charge in [-0.1, -0.05) is 32.9 Å². The normalized spacial score (nSPS) is 25.0. The van der Waals surface area contributed by atoms with E-state index in [-0.39, 0.29) is 18.4 Å². The van der Waals surface area contributed by atoms with Crippen molar-refractivity contribution in [2.75, 3.05) is 6.54 Å². The third-order valence-electron chi connectivity index (χ3n) is 5.00. The molecule has 0 aromatic heterocycles. The lowest BCUT2D eigenvalue weighted by Gasteiger charge is -2.36. The first-order chi connectivity index (χ1) is 12.9. The van der Waals surface area contributed by atoms with Crippen LogP contribution in [0.25, 0.3) is 0 Å². The molecule has 0 radical (unpaired) electrons. The van der Waals surface area contributed by atoms with E-state index in [0.717, 1.165) is 4.90 Å². The van der Waals surface area contributed by atoms with Crippen LogP contribution in [0.3, 0.4) is 0 Å². The molecule has 0 bridgehead atoms. The Bertz CT molecular complexity index is 778. The van der Waals surface area contributed by atoms with Crippen LogP contribution in [0.5, 0.6) is 0 Å². The van der Waals surface area contributed by atoms with E-state index in [1.807, 2.05) is 20.8 Å². The zero-order valence-corrected chi connectivity index (χ0v) is 16.7. The predicted octanol–water partition coefficient (Wildman–Crippen LogP) is 2.49. The molecule has 2 N–H and O–H groups in total. The first-order valence-corrected chi connectivity index (χ1v) is 9.21. The van der Waals surface area contributed by atoms with Gasteiger partial charge in [-0.15, -0.1) is 0 Å². The van der Waals surface area contributed by atoms with E-state index in [4.69, 9.17) is 9.47 Å². The van der Waals surface area contributed by atoms with E-state index >= 15 is 0 Å². The van der Waals surface area contributed by atoms with Crippen molar-refractivity contribution in [3.05, 3.63) is 35.4 Å². The van der Waals surface area contributed by atoms with Crippen LogP contribution in [0.2, 0.25) is 0 Å². The van der Waals surface area contributed by atoms with Gasteiger partial charge in [0.2, 0.25) is 0 Å². The largest absolute Gasteiger partial charge is 0.465 e. The maximum absolute atomic E-state index is 12.7. The van der Waals surface area contributed by atoms with Gasteiger partial charge in [-0.2, -0.15) is 0 Å². The van der Waals surface area contributed by atoms with Gasteiger partial charge in [-0.3, -0.25) is 14.5 Å². The lowest BCUT2D eigenvalue weighted by atomic mass is 9.81. The second-order valence-corrected chi connectivity index (χ2v) is 8.70. The van der Waals surface area contributed by atoms with Crippen LogP contribution in [0.4, 0.5) is 4.79 Å². The number of carbonyl (C=O) groups excluding carboxylic acids is 2. The summed E-state index contributed by atoms with van der Waals surface area (Å²) in [5.41, 5.74) is 0.240. The van der Waals surface area contributed by atoms with Crippen LogP contribution < -0.4 is 5.32 Å². The molecule has 8 nitrogen and oxygen atoms in total. The SMILES string of the molecule is CC1(C)OC(CN2C(=O)c3ccccc3C2=O)C(C(NC(=O)O)C(C)(C)C)O1. The molecule has 0 spiro atoms. The van der Waals surface area contributed by atoms with Crippen molar-refractivity contribution in [2.45, 2.75) is 58.7 Å². The van der Waals surface area contributed by atoms with Crippen LogP contribution in [-0.4, -0.2) is 58.5 Å². The quantitative estimate of drug-likeness (QED) is 0.766. The van der Waals surface area contributed by atoms with Crippen molar-refractivity contribution >= 4 is 17.9 Å². The number of benzene rings is 1. The highest BCUT2D eigenvalue weighted by atomic mass is 16.8. The molecule has 2 aliphatic heterocycles. The van der Waals surface area contributed by atoms with Gasteiger partial charge in [0.05, 0.1) is 23.7 Å². The standard InChI is InChI=1S/C20H26N2O6/c1-19(2,3)15(21-18(25)26)14-13(27-20(4,5)28-14)10-22-16(23)11-8-6-7-9-12(11)17(22)24/h6-9,13-15,21H,10H2,1-5H3,(H,25,26). The maximum atomic E-state index is 12.7. The van der Waals surface area contributed by atoms with Gasteiger partial charge in [-0.05, 0) is 31.4 Å². The van der Waals surface area contributed by atoms with Gasteiger partial charge in [-0.25, -0.2) is 4.79 Å². The number of imide groups is 1. The summed E-state index contributed by atoms with van der Waals surface area (Å²) >= 11 is 0. The van der Waals surface area contributed by atoms with Gasteiger partial charge in [0.1, 0.15) is 12.2 Å². The molecule has 0 saturated carbocycles. The zero-order valence-electron chi connectivity index (χ0n) is 16.7. The predicted molar refractivity (Wildman–Crippen MR) is 100 cm³/mol. The van der Waals surface area contributed by atoms with Crippen molar-refractivity contribution in [3.8, 4) is 0 Å². The Hall–Kier alpha value is -2.45. The Kier molecular flexibility index (Phi) is 4.97. The number of rotatable bonds is 4. The molecule has 3 unspecified atom stereocenters. The molecule has 3 rings (SSSR count). The van der Waals surface area contributed by atoms with Crippen LogP contribution in [0, 0.1) is 5.41 Å². The molecule has 3 atom stereocenters. The van der Waals surface area contributed by atoms with Gasteiger partial charge in [0, 0.05) is 0 Å². The second kappa shape index (κ2) is 6.86. The average molecular weight is 390 g/mol. The van der Waals surface area contributed by atoms with Gasteiger partial charge >= 0.3 is 6.09 Å². The Balaban J connectivity index is 1.88. The van der Waals surface area contributed by atoms with Gasteiger partial charge in [0.25, 0.3) is 11.8 Å². The van der Waals surface area contributed by atoms with E-state index in [1.54, 1.807) is 38.1 Å². The third-order valence-corrected chi connectivity index (χ3v) is 5.00. The summed E-state index contributed by atoms with van der Waals surface area (Å²) in [7, 11) is 0. The number of carboxylic acid groups (broad SMARTS) is 1. The first kappa shape index (κ1) is 20.3. The van der Waals surface area contributed by atoms with Crippen LogP contribution in [-0.2, 0) is 9.47 Å². The van der Waals surface area contributed by atoms with Crippen molar-refractivity contribution in [1.82, 2.24) is 10.2 Å². The number of amides is 3. The van der Waals surface area contributed by atoms with E-state index in [1.165, 1.54) is 0 Å². The molecular weight excluding hydrogens is 364 g/mol. The molecule has 8 heteroatoms. The highest BCUT2D eigenvalue weighted by Crippen LogP contribution is 2.37. The minimum absolute atomic E-state index is 0.0195. The Labute approximate surface area is 163 Å². The fourth-order valence-corrected chi connectivity index (χ4v) is 3.80. The van der Waals surface area contributed by atoms with E-state index in [0.29, 0.717) is 11.1 Å². The maximum Gasteiger partial charge on any atom is 0.404 e. The summed E-state index contributed by atoms with van der Waals surface area (Å²) in [6.07, 6.45) is -2.52. The Morgan fingerprint density at radius 2 is 1.71 bits per heavy atom. The van der Waals surface area contributed by atoms with Crippen LogP contribution >= 0.6 is 0 Å². The van der Waals surface area contributed by atoms with Crippen LogP contribution in [0.1, 0.15) is 55.3 Å². The highest BCUT2D eigenvalue weighted by Gasteiger charge is 2.51. The molecule has 3 amide bonds. The summed E-state index contributed by atoms with van der Waals surface area (Å²) < 4.78 is 12.0. The monoisotopic (exact) mass is 390 g/mol. The van der Waals surface area contributed by atoms with Crippen molar-refractivity contribution in [2.24, 2.45) is 5.41 Å². The molecule has 0 aliphatic carbocycles. The lowest BCUT2D eigenvalue weighted by molar-refractivity contribution is -0.151. The number of fused-ring (bicyclic) bond motifs is 1. The average Bonchev–Trinajstić information content (AvgIpc) is 3.00. The molecule has 2 heterocycles. The lowest BCUT2D eigenvalue weighted by Crippen LogP contribution is -2.56. The summed E-state index contributed by atoms with van der Waals surface area (Å²) in [5.74, 6) is -1.74. The fraction of sp³-hybridized carbons (Fsp3) is 0.550. The fourth-order valence-electron chi connectivity index (χ4n) is 3.80. The second-order valence-electron chi connectivity index (χ2n) is 8.70. The Morgan fingerprint density at radius 3 is 2.18 bits per heavy atom. The zero-order chi connectivity index (χ0) is 20.9. The van der Waals surface area contributed by atoms with Gasteiger partial charge < -0.3 is 19.9 Å². The topological polar surface area (TPSA) is 105 Å². The molecule has 28 heavy (non-hydrogen) atoms. The molecule has 152 valence electrons. The molecule has 2 aliphatic rings. The molecule has 1 fully saturated rings. The number of hydrogen-bond donors (Lipinski definition) is 2. The molecular formula is C20H26N2O6. The van der Waals surface area contributed by atoms with Gasteiger partial charge in [0.15, 0.2) is 5.79 Å². The third kappa shape index (κ3) is 3.74. The number of nitrogens with one attached hydrogen (secondary N) is 1. The van der Waals surface area contributed by atoms with E-state index in [9.17, 15) is 19.5 Å². The summed E-state index contributed by atoms with van der Waals surface area (Å²) in [6, 6.07) is 6.05. The summed E-state index contributed by atoms with van der Waals surface area (Å²) in [6.45, 7) is 9.10. The van der Waals surface area contributed by atoms with Crippen molar-refractivity contribution in [3.63, 3.8) is 0 Å². The Morgan fingerprint density at radius 1 is 1.18 bits per heavy atom. The minimum Gasteiger partial charge on any atom is -0.465 e.